The number of halogens is 1. The Morgan fingerprint density at radius 2 is 1.77 bits per heavy atom. The molecule has 0 aromatic heterocycles. The number of ether oxygens (including phenoxy) is 2. The number of aryl methyl sites for hydroxylation is 1. The Morgan fingerprint density at radius 3 is 2.41 bits per heavy atom. The van der Waals surface area contributed by atoms with Gasteiger partial charge < -0.3 is 9.47 Å². The lowest BCUT2D eigenvalue weighted by Gasteiger charge is -2.08. The smallest absolute Gasteiger partial charge is 0.311 e. The Morgan fingerprint density at radius 1 is 1.14 bits per heavy atom. The lowest BCUT2D eigenvalue weighted by Crippen LogP contribution is -2.11. The number of unbranched alkanes of at least 4 members (excludes halogenated alkanes) is 1. The van der Waals surface area contributed by atoms with E-state index in [4.69, 9.17) is 21.1 Å². The van der Waals surface area contributed by atoms with Crippen molar-refractivity contribution in [1.29, 1.82) is 0 Å². The number of rotatable bonds is 8. The summed E-state index contributed by atoms with van der Waals surface area (Å²) in [7, 11) is 0. The molecule has 0 aliphatic rings. The van der Waals surface area contributed by atoms with Crippen LogP contribution in [0.25, 0.3) is 0 Å². The van der Waals surface area contributed by atoms with E-state index in [2.05, 4.69) is 0 Å². The van der Waals surface area contributed by atoms with Gasteiger partial charge in [0.2, 0.25) is 0 Å². The Labute approximate surface area is 136 Å². The average molecular weight is 327 g/mol. The first-order chi connectivity index (χ1) is 10.4. The second-order valence-electron chi connectivity index (χ2n) is 5.69. The van der Waals surface area contributed by atoms with Crippen LogP contribution < -0.4 is 4.74 Å². The van der Waals surface area contributed by atoms with E-state index in [0.29, 0.717) is 42.6 Å². The van der Waals surface area contributed by atoms with Crippen molar-refractivity contribution in [3.8, 4) is 5.75 Å². The normalized spacial score (nSPS) is 10.6. The summed E-state index contributed by atoms with van der Waals surface area (Å²) in [5.41, 5.74) is 0.972. The highest BCUT2D eigenvalue weighted by Crippen LogP contribution is 2.25. The second kappa shape index (κ2) is 9.46. The van der Waals surface area contributed by atoms with Gasteiger partial charge >= 0.3 is 11.9 Å². The Bertz CT molecular complexity index is 511. The highest BCUT2D eigenvalue weighted by molar-refractivity contribution is 6.32. The van der Waals surface area contributed by atoms with Gasteiger partial charge in [-0.1, -0.05) is 31.5 Å². The predicted octanol–water partition coefficient (Wildman–Crippen LogP) is 4.31. The van der Waals surface area contributed by atoms with Crippen LogP contribution in [0.2, 0.25) is 5.02 Å². The zero-order chi connectivity index (χ0) is 16.5. The Kier molecular flexibility index (Phi) is 7.96. The molecule has 0 saturated heterocycles. The molecule has 0 fully saturated rings. The van der Waals surface area contributed by atoms with Crippen molar-refractivity contribution in [3.63, 3.8) is 0 Å². The van der Waals surface area contributed by atoms with Crippen molar-refractivity contribution in [3.05, 3.63) is 28.8 Å². The number of hydrogen-bond donors (Lipinski definition) is 0. The first-order valence-electron chi connectivity index (χ1n) is 7.51. The molecule has 0 atom stereocenters. The van der Waals surface area contributed by atoms with Crippen LogP contribution >= 0.6 is 11.6 Å². The summed E-state index contributed by atoms with van der Waals surface area (Å²) in [6.45, 7) is 6.31. The third-order valence-corrected chi connectivity index (χ3v) is 3.21. The maximum Gasteiger partial charge on any atom is 0.311 e. The van der Waals surface area contributed by atoms with Gasteiger partial charge in [-0.05, 0) is 43.4 Å². The molecule has 0 aliphatic heterocycles. The molecular weight excluding hydrogens is 304 g/mol. The SMILES string of the molecule is Cc1ccc(Cl)c(OC(=O)CCCCC(=O)OCC(C)C)c1. The summed E-state index contributed by atoms with van der Waals surface area (Å²) in [4.78, 5) is 23.1. The van der Waals surface area contributed by atoms with Gasteiger partial charge in [-0.3, -0.25) is 9.59 Å². The molecule has 0 N–H and O–H groups in total. The minimum Gasteiger partial charge on any atom is -0.465 e. The molecule has 5 heteroatoms. The van der Waals surface area contributed by atoms with Gasteiger partial charge in [-0.25, -0.2) is 0 Å². The number of benzene rings is 1. The molecule has 1 aromatic rings. The number of carbonyl (C=O) groups excluding carboxylic acids is 2. The molecule has 0 aliphatic carbocycles. The molecule has 0 radical (unpaired) electrons. The van der Waals surface area contributed by atoms with E-state index < -0.39 is 0 Å². The first-order valence-corrected chi connectivity index (χ1v) is 7.88. The van der Waals surface area contributed by atoms with Crippen LogP contribution in [0.4, 0.5) is 0 Å². The molecule has 0 bridgehead atoms. The lowest BCUT2D eigenvalue weighted by molar-refractivity contribution is -0.145. The van der Waals surface area contributed by atoms with Gasteiger partial charge in [-0.2, -0.15) is 0 Å². The minimum atomic E-state index is -0.344. The third-order valence-electron chi connectivity index (χ3n) is 2.90. The molecule has 0 heterocycles. The summed E-state index contributed by atoms with van der Waals surface area (Å²) in [6, 6.07) is 5.27. The summed E-state index contributed by atoms with van der Waals surface area (Å²) in [5.74, 6) is 0.146. The van der Waals surface area contributed by atoms with Gasteiger partial charge in [-0.15, -0.1) is 0 Å². The van der Waals surface area contributed by atoms with Gasteiger partial charge in [0.25, 0.3) is 0 Å². The molecule has 22 heavy (non-hydrogen) atoms. The van der Waals surface area contributed by atoms with Gasteiger partial charge in [0.1, 0.15) is 5.75 Å². The van der Waals surface area contributed by atoms with Crippen LogP contribution in [0.15, 0.2) is 18.2 Å². The maximum atomic E-state index is 11.7. The molecule has 4 nitrogen and oxygen atoms in total. The van der Waals surface area contributed by atoms with Crippen LogP contribution in [0.1, 0.15) is 45.1 Å². The van der Waals surface area contributed by atoms with E-state index in [0.717, 1.165) is 5.56 Å². The highest BCUT2D eigenvalue weighted by Gasteiger charge is 2.10. The van der Waals surface area contributed by atoms with Crippen molar-refractivity contribution in [2.24, 2.45) is 5.92 Å². The molecule has 0 unspecified atom stereocenters. The van der Waals surface area contributed by atoms with Crippen molar-refractivity contribution in [1.82, 2.24) is 0 Å². The summed E-state index contributed by atoms with van der Waals surface area (Å²) in [5, 5.41) is 0.413. The Balaban J connectivity index is 2.24. The van der Waals surface area contributed by atoms with Crippen LogP contribution in [-0.2, 0) is 14.3 Å². The van der Waals surface area contributed by atoms with E-state index in [9.17, 15) is 9.59 Å². The summed E-state index contributed by atoms with van der Waals surface area (Å²) >= 11 is 5.97. The van der Waals surface area contributed by atoms with Crippen molar-refractivity contribution in [2.45, 2.75) is 46.5 Å². The fraction of sp³-hybridized carbons (Fsp3) is 0.529. The fourth-order valence-corrected chi connectivity index (χ4v) is 1.89. The molecule has 122 valence electrons. The molecule has 1 rings (SSSR count). The van der Waals surface area contributed by atoms with E-state index in [1.807, 2.05) is 26.8 Å². The average Bonchev–Trinajstić information content (AvgIpc) is 2.45. The largest absolute Gasteiger partial charge is 0.465 e. The molecule has 0 saturated carbocycles. The van der Waals surface area contributed by atoms with Gasteiger partial charge in [0, 0.05) is 12.8 Å². The first kappa shape index (κ1) is 18.5. The van der Waals surface area contributed by atoms with Crippen LogP contribution in [0.3, 0.4) is 0 Å². The number of esters is 2. The standard InChI is InChI=1S/C17H23ClO4/c1-12(2)11-21-16(19)6-4-5-7-17(20)22-15-10-13(3)8-9-14(15)18/h8-10,12H,4-7,11H2,1-3H3. The zero-order valence-electron chi connectivity index (χ0n) is 13.4. The molecule has 0 amide bonds. The monoisotopic (exact) mass is 326 g/mol. The molecule has 1 aromatic carbocycles. The topological polar surface area (TPSA) is 52.6 Å². The van der Waals surface area contributed by atoms with Crippen molar-refractivity contribution in [2.75, 3.05) is 6.61 Å². The second-order valence-corrected chi connectivity index (χ2v) is 6.10. The molecule has 0 spiro atoms. The van der Waals surface area contributed by atoms with E-state index in [1.165, 1.54) is 0 Å². The fourth-order valence-electron chi connectivity index (χ4n) is 1.73. The summed E-state index contributed by atoms with van der Waals surface area (Å²) in [6.07, 6.45) is 1.76. The van der Waals surface area contributed by atoms with E-state index in [-0.39, 0.29) is 18.4 Å². The van der Waals surface area contributed by atoms with Crippen molar-refractivity contribution < 1.29 is 19.1 Å². The van der Waals surface area contributed by atoms with Gasteiger partial charge in [0.05, 0.1) is 11.6 Å². The van der Waals surface area contributed by atoms with Crippen LogP contribution in [-0.4, -0.2) is 18.5 Å². The maximum absolute atomic E-state index is 11.7. The van der Waals surface area contributed by atoms with Crippen LogP contribution in [0.5, 0.6) is 5.75 Å². The quantitative estimate of drug-likeness (QED) is 0.406. The van der Waals surface area contributed by atoms with E-state index >= 15 is 0 Å². The van der Waals surface area contributed by atoms with Gasteiger partial charge in [0.15, 0.2) is 0 Å². The van der Waals surface area contributed by atoms with E-state index in [1.54, 1.807) is 12.1 Å². The predicted molar refractivity (Wildman–Crippen MR) is 86.1 cm³/mol. The number of carbonyl (C=O) groups is 2. The summed E-state index contributed by atoms with van der Waals surface area (Å²) < 4.78 is 10.3. The minimum absolute atomic E-state index is 0.219. The Hall–Kier alpha value is -1.55. The van der Waals surface area contributed by atoms with Crippen LogP contribution in [0, 0.1) is 12.8 Å². The lowest BCUT2D eigenvalue weighted by atomic mass is 10.2. The highest BCUT2D eigenvalue weighted by atomic mass is 35.5. The third kappa shape index (κ3) is 7.46. The molecular formula is C17H23ClO4. The zero-order valence-corrected chi connectivity index (χ0v) is 14.1. The van der Waals surface area contributed by atoms with Crippen molar-refractivity contribution >= 4 is 23.5 Å². The number of hydrogen-bond acceptors (Lipinski definition) is 4.